The lowest BCUT2D eigenvalue weighted by atomic mass is 10.1. The minimum Gasteiger partial charge on any atom is -0.333 e. The molecule has 2 aromatic rings. The van der Waals surface area contributed by atoms with Gasteiger partial charge >= 0.3 is 0 Å². The van der Waals surface area contributed by atoms with Crippen molar-refractivity contribution in [2.75, 3.05) is 13.6 Å². The molecule has 1 aromatic heterocycles. The average molecular weight is 329 g/mol. The fraction of sp³-hybridized carbons (Fsp3) is 0.308. The largest absolute Gasteiger partial charge is 0.333 e. The number of imidazole rings is 1. The van der Waals surface area contributed by atoms with Gasteiger partial charge in [0.15, 0.2) is 0 Å². The summed E-state index contributed by atoms with van der Waals surface area (Å²) in [5, 5.41) is 3.87. The van der Waals surface area contributed by atoms with E-state index in [2.05, 4.69) is 30.8 Å². The minimum atomic E-state index is 0.734. The van der Waals surface area contributed by atoms with Crippen molar-refractivity contribution in [1.82, 2.24) is 14.9 Å². The van der Waals surface area contributed by atoms with Gasteiger partial charge in [-0.1, -0.05) is 17.7 Å². The molecule has 0 spiro atoms. The fourth-order valence-corrected chi connectivity index (χ4v) is 2.32. The maximum atomic E-state index is 5.99. The van der Waals surface area contributed by atoms with E-state index >= 15 is 0 Å². The Balaban J connectivity index is 2.13. The van der Waals surface area contributed by atoms with Gasteiger partial charge in [-0.15, -0.1) is 0 Å². The van der Waals surface area contributed by atoms with Gasteiger partial charge in [0, 0.05) is 36.4 Å². The number of rotatable bonds is 5. The van der Waals surface area contributed by atoms with E-state index < -0.39 is 0 Å². The first kappa shape index (κ1) is 13.6. The Morgan fingerprint density at radius 3 is 3.00 bits per heavy atom. The van der Waals surface area contributed by atoms with Crippen LogP contribution in [0.15, 0.2) is 35.1 Å². The maximum Gasteiger partial charge on any atom is 0.113 e. The quantitative estimate of drug-likeness (QED) is 0.914. The van der Waals surface area contributed by atoms with Crippen molar-refractivity contribution >= 4 is 27.5 Å². The number of benzene rings is 1. The first-order valence-electron chi connectivity index (χ1n) is 5.79. The second-order valence-electron chi connectivity index (χ2n) is 4.07. The molecular formula is C13H15BrClN3. The van der Waals surface area contributed by atoms with E-state index in [9.17, 15) is 0 Å². The molecule has 0 unspecified atom stereocenters. The van der Waals surface area contributed by atoms with Gasteiger partial charge in [-0.2, -0.15) is 0 Å². The number of hydrogen-bond acceptors (Lipinski definition) is 2. The summed E-state index contributed by atoms with van der Waals surface area (Å²) < 4.78 is 3.09. The molecule has 0 bridgehead atoms. The van der Waals surface area contributed by atoms with E-state index in [-0.39, 0.29) is 0 Å². The van der Waals surface area contributed by atoms with Crippen LogP contribution >= 0.6 is 27.5 Å². The molecule has 18 heavy (non-hydrogen) atoms. The third kappa shape index (κ3) is 3.34. The predicted octanol–water partition coefficient (Wildman–Crippen LogP) is 3.11. The molecule has 3 nitrogen and oxygen atoms in total. The van der Waals surface area contributed by atoms with Crippen molar-refractivity contribution < 1.29 is 0 Å². The normalized spacial score (nSPS) is 10.8. The molecule has 96 valence electrons. The summed E-state index contributed by atoms with van der Waals surface area (Å²) in [5.74, 6) is 1.07. The molecule has 0 aliphatic rings. The number of likely N-dealkylation sites (N-methyl/N-ethyl adjacent to an activating group) is 1. The first-order valence-corrected chi connectivity index (χ1v) is 6.96. The van der Waals surface area contributed by atoms with E-state index in [1.807, 2.05) is 37.6 Å². The highest BCUT2D eigenvalue weighted by Crippen LogP contribution is 2.24. The van der Waals surface area contributed by atoms with Crippen LogP contribution in [0, 0.1) is 0 Å². The highest BCUT2D eigenvalue weighted by molar-refractivity contribution is 9.10. The van der Waals surface area contributed by atoms with E-state index in [1.165, 1.54) is 5.56 Å². The van der Waals surface area contributed by atoms with Crippen LogP contribution in [-0.2, 0) is 13.0 Å². The third-order valence-corrected chi connectivity index (χ3v) is 3.96. The lowest BCUT2D eigenvalue weighted by Gasteiger charge is -2.08. The standard InChI is InChI=1S/C13H15BrClN3/c1-16-4-6-18-7-5-17-13(18)9-10-2-3-12(15)11(14)8-10/h2-3,5,7-8,16H,4,6,9H2,1H3. The summed E-state index contributed by atoms with van der Waals surface area (Å²) in [5.41, 5.74) is 1.20. The molecule has 0 radical (unpaired) electrons. The van der Waals surface area contributed by atoms with Crippen LogP contribution in [0.1, 0.15) is 11.4 Å². The molecule has 0 atom stereocenters. The second kappa shape index (κ2) is 6.36. The molecule has 1 heterocycles. The molecule has 2 rings (SSSR count). The summed E-state index contributed by atoms with van der Waals surface area (Å²) >= 11 is 9.43. The molecular weight excluding hydrogens is 314 g/mol. The van der Waals surface area contributed by atoms with Crippen molar-refractivity contribution in [1.29, 1.82) is 0 Å². The van der Waals surface area contributed by atoms with E-state index in [0.717, 1.165) is 34.8 Å². The van der Waals surface area contributed by atoms with Crippen LogP contribution in [-0.4, -0.2) is 23.1 Å². The summed E-state index contributed by atoms with van der Waals surface area (Å²) in [6, 6.07) is 5.98. The SMILES string of the molecule is CNCCn1ccnc1Cc1ccc(Cl)c(Br)c1. The molecule has 0 saturated carbocycles. The van der Waals surface area contributed by atoms with E-state index in [1.54, 1.807) is 0 Å². The van der Waals surface area contributed by atoms with Crippen LogP contribution in [0.3, 0.4) is 0 Å². The van der Waals surface area contributed by atoms with Gasteiger partial charge in [0.1, 0.15) is 5.82 Å². The highest BCUT2D eigenvalue weighted by atomic mass is 79.9. The van der Waals surface area contributed by atoms with Crippen LogP contribution in [0.5, 0.6) is 0 Å². The second-order valence-corrected chi connectivity index (χ2v) is 5.33. The summed E-state index contributed by atoms with van der Waals surface area (Å²) in [6.07, 6.45) is 4.67. The number of aromatic nitrogens is 2. The van der Waals surface area contributed by atoms with Crippen LogP contribution in [0.2, 0.25) is 5.02 Å². The lowest BCUT2D eigenvalue weighted by molar-refractivity contribution is 0.621. The molecule has 1 N–H and O–H groups in total. The summed E-state index contributed by atoms with van der Waals surface area (Å²) in [4.78, 5) is 4.40. The van der Waals surface area contributed by atoms with Gasteiger partial charge in [-0.05, 0) is 40.7 Å². The third-order valence-electron chi connectivity index (χ3n) is 2.75. The Kier molecular flexibility index (Phi) is 4.80. The zero-order valence-corrected chi connectivity index (χ0v) is 12.5. The zero-order valence-electron chi connectivity index (χ0n) is 10.2. The Morgan fingerprint density at radius 2 is 2.28 bits per heavy atom. The minimum absolute atomic E-state index is 0.734. The maximum absolute atomic E-state index is 5.99. The van der Waals surface area contributed by atoms with Gasteiger partial charge in [0.25, 0.3) is 0 Å². The van der Waals surface area contributed by atoms with Crippen LogP contribution in [0.25, 0.3) is 0 Å². The molecule has 0 amide bonds. The van der Waals surface area contributed by atoms with Crippen LogP contribution < -0.4 is 5.32 Å². The summed E-state index contributed by atoms with van der Waals surface area (Å²) in [7, 11) is 1.95. The predicted molar refractivity (Wildman–Crippen MR) is 78.1 cm³/mol. The van der Waals surface area contributed by atoms with Gasteiger partial charge in [0.2, 0.25) is 0 Å². The Labute approximate surface area is 120 Å². The van der Waals surface area contributed by atoms with Gasteiger partial charge in [-0.3, -0.25) is 0 Å². The lowest BCUT2D eigenvalue weighted by Crippen LogP contribution is -2.16. The molecule has 5 heteroatoms. The van der Waals surface area contributed by atoms with Gasteiger partial charge < -0.3 is 9.88 Å². The Hall–Kier alpha value is -0.840. The highest BCUT2D eigenvalue weighted by Gasteiger charge is 2.05. The van der Waals surface area contributed by atoms with Crippen molar-refractivity contribution in [2.24, 2.45) is 0 Å². The van der Waals surface area contributed by atoms with Crippen molar-refractivity contribution in [3.8, 4) is 0 Å². The van der Waals surface area contributed by atoms with E-state index in [4.69, 9.17) is 11.6 Å². The number of nitrogens with zero attached hydrogens (tertiary/aromatic N) is 2. The molecule has 0 aliphatic carbocycles. The van der Waals surface area contributed by atoms with Crippen molar-refractivity contribution in [3.05, 3.63) is 51.5 Å². The molecule has 0 saturated heterocycles. The van der Waals surface area contributed by atoms with E-state index in [0.29, 0.717) is 0 Å². The topological polar surface area (TPSA) is 29.9 Å². The number of hydrogen-bond donors (Lipinski definition) is 1. The van der Waals surface area contributed by atoms with Crippen molar-refractivity contribution in [3.63, 3.8) is 0 Å². The smallest absolute Gasteiger partial charge is 0.113 e. The fourth-order valence-electron chi connectivity index (χ4n) is 1.78. The number of nitrogens with one attached hydrogen (secondary N) is 1. The van der Waals surface area contributed by atoms with Gasteiger partial charge in [-0.25, -0.2) is 4.98 Å². The van der Waals surface area contributed by atoms with Crippen molar-refractivity contribution in [2.45, 2.75) is 13.0 Å². The van der Waals surface area contributed by atoms with Crippen LogP contribution in [0.4, 0.5) is 0 Å². The average Bonchev–Trinajstić information content (AvgIpc) is 2.79. The number of halogens is 2. The Morgan fingerprint density at radius 1 is 1.44 bits per heavy atom. The zero-order chi connectivity index (χ0) is 13.0. The summed E-state index contributed by atoms with van der Waals surface area (Å²) in [6.45, 7) is 1.87. The monoisotopic (exact) mass is 327 g/mol. The first-order chi connectivity index (χ1) is 8.70. The Bertz CT molecular complexity index is 525. The molecule has 0 aliphatic heterocycles. The van der Waals surface area contributed by atoms with Gasteiger partial charge in [0.05, 0.1) is 5.02 Å². The molecule has 0 fully saturated rings. The molecule has 1 aromatic carbocycles.